The maximum atomic E-state index is 12.5. The summed E-state index contributed by atoms with van der Waals surface area (Å²) in [4.78, 5) is 18.4. The largest absolute Gasteiger partial charge is 0.467 e. The van der Waals surface area contributed by atoms with Crippen molar-refractivity contribution >= 4 is 22.4 Å². The van der Waals surface area contributed by atoms with Gasteiger partial charge >= 0.3 is 0 Å². The van der Waals surface area contributed by atoms with E-state index in [1.165, 1.54) is 11.3 Å². The Balaban J connectivity index is 1.99. The summed E-state index contributed by atoms with van der Waals surface area (Å²) < 4.78 is 5.45. The lowest BCUT2D eigenvalue weighted by Gasteiger charge is -2.21. The first-order chi connectivity index (χ1) is 8.81. The molecule has 94 valence electrons. The van der Waals surface area contributed by atoms with Crippen LogP contribution >= 0.6 is 11.3 Å². The fourth-order valence-electron chi connectivity index (χ4n) is 2.21. The zero-order valence-electron chi connectivity index (χ0n) is 9.92. The third-order valence-corrected chi connectivity index (χ3v) is 3.89. The third-order valence-electron chi connectivity index (χ3n) is 3.10. The molecular weight excluding hydrogens is 250 g/mol. The minimum Gasteiger partial charge on any atom is -0.467 e. The van der Waals surface area contributed by atoms with E-state index >= 15 is 0 Å². The number of fused-ring (bicyclic) bond motifs is 1. The topological polar surface area (TPSA) is 58.4 Å². The second kappa shape index (κ2) is 4.55. The number of aromatic nitrogens is 1. The summed E-state index contributed by atoms with van der Waals surface area (Å²) in [5, 5.41) is 5.64. The Kier molecular flexibility index (Phi) is 2.89. The summed E-state index contributed by atoms with van der Waals surface area (Å²) in [6.45, 7) is 0.636. The molecule has 2 aromatic heterocycles. The predicted molar refractivity (Wildman–Crippen MR) is 68.7 cm³/mol. The van der Waals surface area contributed by atoms with Crippen LogP contribution in [0.2, 0.25) is 0 Å². The molecule has 1 unspecified atom stereocenters. The first-order valence-corrected chi connectivity index (χ1v) is 6.63. The zero-order valence-corrected chi connectivity index (χ0v) is 10.7. The Hall–Kier alpha value is -1.66. The highest BCUT2D eigenvalue weighted by Gasteiger charge is 2.33. The molecule has 0 saturated carbocycles. The molecule has 0 saturated heterocycles. The number of nitrogens with zero attached hydrogens (tertiary/aromatic N) is 2. The van der Waals surface area contributed by atoms with E-state index in [2.05, 4.69) is 10.3 Å². The molecule has 1 amide bonds. The van der Waals surface area contributed by atoms with Crippen molar-refractivity contribution in [2.75, 3.05) is 18.5 Å². The van der Waals surface area contributed by atoms with Gasteiger partial charge in [0.05, 0.1) is 6.26 Å². The quantitative estimate of drug-likeness (QED) is 0.894. The number of likely N-dealkylation sites (N-methyl/N-ethyl adjacent to an activating group) is 1. The minimum absolute atomic E-state index is 0.0128. The molecule has 2 aromatic rings. The highest BCUT2D eigenvalue weighted by atomic mass is 32.1. The first kappa shape index (κ1) is 11.4. The number of anilines is 1. The number of hydrogen-bond acceptors (Lipinski definition) is 5. The van der Waals surface area contributed by atoms with Crippen molar-refractivity contribution in [3.8, 4) is 0 Å². The van der Waals surface area contributed by atoms with Crippen LogP contribution in [0.1, 0.15) is 17.4 Å². The van der Waals surface area contributed by atoms with E-state index < -0.39 is 6.04 Å². The second-order valence-electron chi connectivity index (χ2n) is 4.09. The number of furan rings is 1. The van der Waals surface area contributed by atoms with Crippen molar-refractivity contribution in [1.82, 2.24) is 10.3 Å². The summed E-state index contributed by atoms with van der Waals surface area (Å²) in [7, 11) is 1.76. The Morgan fingerprint density at radius 3 is 3.22 bits per heavy atom. The van der Waals surface area contributed by atoms with Gasteiger partial charge in [0, 0.05) is 18.1 Å². The van der Waals surface area contributed by atoms with Crippen molar-refractivity contribution in [2.24, 2.45) is 0 Å². The van der Waals surface area contributed by atoms with Gasteiger partial charge in [-0.3, -0.25) is 9.69 Å². The lowest BCUT2D eigenvalue weighted by atomic mass is 10.1. The van der Waals surface area contributed by atoms with E-state index in [9.17, 15) is 4.79 Å². The Morgan fingerprint density at radius 1 is 1.61 bits per heavy atom. The molecule has 1 N–H and O–H groups in total. The molecule has 0 aromatic carbocycles. The molecule has 0 aliphatic carbocycles. The van der Waals surface area contributed by atoms with Crippen molar-refractivity contribution in [3.63, 3.8) is 0 Å². The average Bonchev–Trinajstić information content (AvgIpc) is 3.01. The number of hydrogen-bond donors (Lipinski definition) is 1. The zero-order chi connectivity index (χ0) is 12.5. The standard InChI is InChI=1S/C12H13N3O2S/c1-13-9-10-8(3-6-17-10)2-5-15(11(9)16)12-14-4-7-18-12/h3-4,6-7,9,13H,2,5H2,1H3. The highest BCUT2D eigenvalue weighted by Crippen LogP contribution is 2.29. The molecule has 1 atom stereocenters. The van der Waals surface area contributed by atoms with Crippen LogP contribution in [0.4, 0.5) is 5.13 Å². The number of nitrogens with one attached hydrogen (secondary N) is 1. The molecular formula is C12H13N3O2S. The van der Waals surface area contributed by atoms with Crippen LogP contribution in [-0.4, -0.2) is 24.5 Å². The third kappa shape index (κ3) is 1.74. The summed E-state index contributed by atoms with van der Waals surface area (Å²) in [5.41, 5.74) is 1.08. The number of thiazole rings is 1. The van der Waals surface area contributed by atoms with Crippen LogP contribution in [0.25, 0.3) is 0 Å². The lowest BCUT2D eigenvalue weighted by Crippen LogP contribution is -2.39. The normalized spacial score (nSPS) is 19.7. The summed E-state index contributed by atoms with van der Waals surface area (Å²) in [6.07, 6.45) is 4.14. The molecule has 0 spiro atoms. The van der Waals surface area contributed by atoms with E-state index in [0.29, 0.717) is 6.54 Å². The van der Waals surface area contributed by atoms with E-state index in [1.54, 1.807) is 24.4 Å². The van der Waals surface area contributed by atoms with Gasteiger partial charge in [0.1, 0.15) is 11.8 Å². The van der Waals surface area contributed by atoms with Crippen LogP contribution in [0.15, 0.2) is 28.3 Å². The van der Waals surface area contributed by atoms with Gasteiger partial charge < -0.3 is 9.73 Å². The summed E-state index contributed by atoms with van der Waals surface area (Å²) in [5.74, 6) is 0.711. The van der Waals surface area contributed by atoms with Gasteiger partial charge in [-0.2, -0.15) is 0 Å². The molecule has 1 aliphatic rings. The Bertz CT molecular complexity index is 549. The number of amides is 1. The minimum atomic E-state index is -0.429. The van der Waals surface area contributed by atoms with Crippen molar-refractivity contribution in [2.45, 2.75) is 12.5 Å². The van der Waals surface area contributed by atoms with Crippen LogP contribution in [0.3, 0.4) is 0 Å². The molecule has 5 nitrogen and oxygen atoms in total. The molecule has 1 aliphatic heterocycles. The van der Waals surface area contributed by atoms with Gasteiger partial charge in [-0.05, 0) is 25.1 Å². The maximum absolute atomic E-state index is 12.5. The van der Waals surface area contributed by atoms with Crippen LogP contribution in [0, 0.1) is 0 Å². The molecule has 0 radical (unpaired) electrons. The second-order valence-corrected chi connectivity index (χ2v) is 4.96. The molecule has 3 rings (SSSR count). The van der Waals surface area contributed by atoms with Crippen molar-refractivity contribution in [1.29, 1.82) is 0 Å². The van der Waals surface area contributed by atoms with Gasteiger partial charge in [0.2, 0.25) is 0 Å². The Morgan fingerprint density at radius 2 is 2.50 bits per heavy atom. The predicted octanol–water partition coefficient (Wildman–Crippen LogP) is 1.59. The number of carbonyl (C=O) groups is 1. The lowest BCUT2D eigenvalue weighted by molar-refractivity contribution is -0.120. The fourth-order valence-corrected chi connectivity index (χ4v) is 2.89. The van der Waals surface area contributed by atoms with E-state index in [1.807, 2.05) is 11.4 Å². The molecule has 6 heteroatoms. The average molecular weight is 263 g/mol. The molecule has 0 fully saturated rings. The van der Waals surface area contributed by atoms with Gasteiger partial charge in [0.15, 0.2) is 5.13 Å². The molecule has 3 heterocycles. The van der Waals surface area contributed by atoms with Gasteiger partial charge in [-0.1, -0.05) is 0 Å². The SMILES string of the molecule is CNC1C(=O)N(c2nccs2)CCc2ccoc21. The van der Waals surface area contributed by atoms with E-state index in [4.69, 9.17) is 4.42 Å². The van der Waals surface area contributed by atoms with Crippen LogP contribution in [0.5, 0.6) is 0 Å². The summed E-state index contributed by atoms with van der Waals surface area (Å²) >= 11 is 1.47. The van der Waals surface area contributed by atoms with Crippen molar-refractivity contribution in [3.05, 3.63) is 35.2 Å². The van der Waals surface area contributed by atoms with Gasteiger partial charge in [-0.15, -0.1) is 11.3 Å². The maximum Gasteiger partial charge on any atom is 0.253 e. The number of carbonyl (C=O) groups excluding carboxylic acids is 1. The fraction of sp³-hybridized carbons (Fsp3) is 0.333. The van der Waals surface area contributed by atoms with Gasteiger partial charge in [0.25, 0.3) is 5.91 Å². The summed E-state index contributed by atoms with van der Waals surface area (Å²) in [6, 6.07) is 1.50. The van der Waals surface area contributed by atoms with Crippen molar-refractivity contribution < 1.29 is 9.21 Å². The highest BCUT2D eigenvalue weighted by molar-refractivity contribution is 7.13. The number of rotatable bonds is 2. The monoisotopic (exact) mass is 263 g/mol. The van der Waals surface area contributed by atoms with Crippen LogP contribution < -0.4 is 10.2 Å². The Labute approximate surface area is 108 Å². The van der Waals surface area contributed by atoms with E-state index in [-0.39, 0.29) is 5.91 Å². The van der Waals surface area contributed by atoms with Gasteiger partial charge in [-0.25, -0.2) is 4.98 Å². The smallest absolute Gasteiger partial charge is 0.253 e. The first-order valence-electron chi connectivity index (χ1n) is 5.75. The van der Waals surface area contributed by atoms with Crippen LogP contribution in [-0.2, 0) is 11.2 Å². The van der Waals surface area contributed by atoms with E-state index in [0.717, 1.165) is 22.9 Å². The molecule has 18 heavy (non-hydrogen) atoms. The molecule has 0 bridgehead atoms.